The number of aryl methyl sites for hydroxylation is 1. The zero-order valence-electron chi connectivity index (χ0n) is 13.4. The van der Waals surface area contributed by atoms with Gasteiger partial charge in [-0.15, -0.1) is 0 Å². The van der Waals surface area contributed by atoms with E-state index in [0.717, 1.165) is 21.3 Å². The number of hydrogen-bond acceptors (Lipinski definition) is 6. The van der Waals surface area contributed by atoms with Gasteiger partial charge >= 0.3 is 5.69 Å². The molecule has 0 unspecified atom stereocenters. The fourth-order valence-corrected chi connectivity index (χ4v) is 3.55. The van der Waals surface area contributed by atoms with Gasteiger partial charge in [0.05, 0.1) is 34.2 Å². The van der Waals surface area contributed by atoms with Crippen LogP contribution < -0.4 is 10.1 Å². The second kappa shape index (κ2) is 5.71. The first-order valence-electron chi connectivity index (χ1n) is 7.38. The van der Waals surface area contributed by atoms with Crippen LogP contribution in [0.3, 0.4) is 0 Å². The molecule has 0 aliphatic carbocycles. The molecule has 0 bridgehead atoms. The number of benzene rings is 2. The van der Waals surface area contributed by atoms with Gasteiger partial charge < -0.3 is 14.6 Å². The summed E-state index contributed by atoms with van der Waals surface area (Å²) in [5.74, 6) is 0.535. The second-order valence-corrected chi connectivity index (χ2v) is 6.47. The Morgan fingerprint density at radius 2 is 2.12 bits per heavy atom. The molecule has 0 aliphatic heterocycles. The Balaban J connectivity index is 1.79. The van der Waals surface area contributed by atoms with E-state index < -0.39 is 0 Å². The smallest absolute Gasteiger partial charge is 0.318 e. The molecular formula is C16H14N5O3S+. The van der Waals surface area contributed by atoms with Crippen LogP contribution in [-0.2, 0) is 7.05 Å². The van der Waals surface area contributed by atoms with Gasteiger partial charge in [-0.2, -0.15) is 0 Å². The van der Waals surface area contributed by atoms with Crippen molar-refractivity contribution in [3.63, 3.8) is 0 Å². The van der Waals surface area contributed by atoms with Crippen LogP contribution in [0.25, 0.3) is 21.3 Å². The van der Waals surface area contributed by atoms with Gasteiger partial charge in [-0.3, -0.25) is 0 Å². The third-order valence-corrected chi connectivity index (χ3v) is 4.83. The SMILES string of the molecule is COc1ccc([N+](=O)O)cc1Nc1nc2c(ccc3c2ncn3C)s1. The van der Waals surface area contributed by atoms with Crippen molar-refractivity contribution in [1.82, 2.24) is 14.5 Å². The number of anilines is 2. The molecule has 0 atom stereocenters. The molecule has 0 saturated heterocycles. The Bertz CT molecular complexity index is 1120. The summed E-state index contributed by atoms with van der Waals surface area (Å²) in [6.07, 6.45) is 1.76. The summed E-state index contributed by atoms with van der Waals surface area (Å²) in [6, 6.07) is 8.57. The van der Waals surface area contributed by atoms with E-state index in [1.54, 1.807) is 12.4 Å². The van der Waals surface area contributed by atoms with Gasteiger partial charge in [0.1, 0.15) is 16.8 Å². The highest BCUT2D eigenvalue weighted by atomic mass is 32.1. The Kier molecular flexibility index (Phi) is 3.50. The number of imidazole rings is 1. The van der Waals surface area contributed by atoms with Crippen LogP contribution >= 0.6 is 11.3 Å². The summed E-state index contributed by atoms with van der Waals surface area (Å²) in [6.45, 7) is 0. The minimum Gasteiger partial charge on any atom is -0.495 e. The molecular weight excluding hydrogens is 342 g/mol. The highest BCUT2D eigenvalue weighted by Gasteiger charge is 2.17. The summed E-state index contributed by atoms with van der Waals surface area (Å²) in [7, 11) is 3.47. The van der Waals surface area contributed by atoms with Crippen LogP contribution in [0.4, 0.5) is 16.5 Å². The maximum Gasteiger partial charge on any atom is 0.318 e. The van der Waals surface area contributed by atoms with E-state index in [-0.39, 0.29) is 10.6 Å². The molecule has 126 valence electrons. The molecule has 0 aliphatic rings. The topological polar surface area (TPSA) is 92.3 Å². The number of ether oxygens (including phenoxy) is 1. The fourth-order valence-electron chi connectivity index (χ4n) is 2.67. The number of thiazole rings is 1. The summed E-state index contributed by atoms with van der Waals surface area (Å²) in [4.78, 5) is 20.0. The number of methoxy groups -OCH3 is 1. The summed E-state index contributed by atoms with van der Waals surface area (Å²) in [5, 5.41) is 12.9. The number of nitrogens with zero attached hydrogens (tertiary/aromatic N) is 4. The largest absolute Gasteiger partial charge is 0.495 e. The predicted octanol–water partition coefficient (Wildman–Crippen LogP) is 3.73. The molecule has 2 aromatic heterocycles. The lowest BCUT2D eigenvalue weighted by Crippen LogP contribution is -1.97. The van der Waals surface area contributed by atoms with Gasteiger partial charge in [-0.1, -0.05) is 11.3 Å². The van der Waals surface area contributed by atoms with Crippen molar-refractivity contribution in [2.24, 2.45) is 7.05 Å². The van der Waals surface area contributed by atoms with E-state index >= 15 is 0 Å². The van der Waals surface area contributed by atoms with Crippen LogP contribution in [0.5, 0.6) is 5.75 Å². The first-order valence-corrected chi connectivity index (χ1v) is 8.20. The Hall–Kier alpha value is -3.20. The minimum absolute atomic E-state index is 0.0940. The minimum atomic E-state index is -0.194. The van der Waals surface area contributed by atoms with E-state index in [9.17, 15) is 4.91 Å². The Labute approximate surface area is 145 Å². The summed E-state index contributed by atoms with van der Waals surface area (Å²) < 4.78 is 8.24. The van der Waals surface area contributed by atoms with Gasteiger partial charge in [0.25, 0.3) is 4.92 Å². The normalized spacial score (nSPS) is 11.1. The second-order valence-electron chi connectivity index (χ2n) is 5.44. The van der Waals surface area contributed by atoms with Gasteiger partial charge in [0.15, 0.2) is 5.13 Å². The number of nitrogens with one attached hydrogen (secondary N) is 1. The average molecular weight is 356 g/mol. The highest BCUT2D eigenvalue weighted by molar-refractivity contribution is 7.22. The molecule has 4 aromatic rings. The lowest BCUT2D eigenvalue weighted by Gasteiger charge is -2.07. The zero-order chi connectivity index (χ0) is 17.6. The maximum absolute atomic E-state index is 11.1. The first-order chi connectivity index (χ1) is 12.1. The fraction of sp³-hybridized carbons (Fsp3) is 0.125. The van der Waals surface area contributed by atoms with Gasteiger partial charge in [0.2, 0.25) is 0 Å². The lowest BCUT2D eigenvalue weighted by atomic mass is 10.2. The average Bonchev–Trinajstić information content (AvgIpc) is 3.17. The van der Waals surface area contributed by atoms with E-state index in [1.165, 1.54) is 30.6 Å². The Morgan fingerprint density at radius 3 is 2.88 bits per heavy atom. The number of aromatic nitrogens is 3. The standard InChI is InChI=1S/C16H14N5O3S/c1-20-8-17-14-11(20)4-6-13-15(14)19-16(25-13)18-10-7-9(21(22)23)3-5-12(10)24-2/h3-8H,1-2H3,(H,18,19)(H,22,23)/q+1. The molecule has 0 spiro atoms. The molecule has 2 aromatic carbocycles. The van der Waals surface area contributed by atoms with Crippen molar-refractivity contribution >= 4 is 49.1 Å². The molecule has 4 rings (SSSR count). The number of hydrogen-bond donors (Lipinski definition) is 2. The molecule has 2 N–H and O–H groups in total. The van der Waals surface area contributed by atoms with E-state index in [1.807, 2.05) is 23.7 Å². The number of fused-ring (bicyclic) bond motifs is 3. The van der Waals surface area contributed by atoms with Gasteiger partial charge in [-0.25, -0.2) is 15.2 Å². The quantitative estimate of drug-likeness (QED) is 0.541. The molecule has 0 saturated carbocycles. The van der Waals surface area contributed by atoms with Crippen molar-refractivity contribution in [3.05, 3.63) is 41.6 Å². The molecule has 9 heteroatoms. The molecule has 2 heterocycles. The van der Waals surface area contributed by atoms with Crippen molar-refractivity contribution in [2.45, 2.75) is 0 Å². The molecule has 25 heavy (non-hydrogen) atoms. The number of rotatable bonds is 4. The Morgan fingerprint density at radius 1 is 1.28 bits per heavy atom. The lowest BCUT2D eigenvalue weighted by molar-refractivity contribution is -0.729. The van der Waals surface area contributed by atoms with E-state index in [0.29, 0.717) is 16.6 Å². The highest BCUT2D eigenvalue weighted by Crippen LogP contribution is 2.36. The van der Waals surface area contributed by atoms with Crippen LogP contribution in [-0.4, -0.2) is 31.8 Å². The summed E-state index contributed by atoms with van der Waals surface area (Å²) in [5.41, 5.74) is 3.29. The third-order valence-electron chi connectivity index (χ3n) is 3.90. The molecule has 0 fully saturated rings. The molecule has 8 nitrogen and oxygen atoms in total. The zero-order valence-corrected chi connectivity index (χ0v) is 14.2. The van der Waals surface area contributed by atoms with Crippen molar-refractivity contribution < 1.29 is 14.9 Å². The van der Waals surface area contributed by atoms with E-state index in [2.05, 4.69) is 15.3 Å². The maximum atomic E-state index is 11.1. The van der Waals surface area contributed by atoms with Gasteiger partial charge in [-0.05, 0) is 18.2 Å². The van der Waals surface area contributed by atoms with Crippen LogP contribution in [0.2, 0.25) is 0 Å². The van der Waals surface area contributed by atoms with Gasteiger partial charge in [0, 0.05) is 19.2 Å². The van der Waals surface area contributed by atoms with Crippen molar-refractivity contribution in [3.8, 4) is 5.75 Å². The van der Waals surface area contributed by atoms with Crippen molar-refractivity contribution in [1.29, 1.82) is 0 Å². The summed E-state index contributed by atoms with van der Waals surface area (Å²) >= 11 is 1.47. The van der Waals surface area contributed by atoms with Crippen LogP contribution in [0.15, 0.2) is 36.7 Å². The van der Waals surface area contributed by atoms with E-state index in [4.69, 9.17) is 9.94 Å². The van der Waals surface area contributed by atoms with Crippen LogP contribution in [0.1, 0.15) is 0 Å². The van der Waals surface area contributed by atoms with Crippen molar-refractivity contribution in [2.75, 3.05) is 12.4 Å². The molecule has 0 radical (unpaired) electrons. The molecule has 0 amide bonds. The monoisotopic (exact) mass is 356 g/mol. The predicted molar refractivity (Wildman–Crippen MR) is 95.2 cm³/mol. The first kappa shape index (κ1) is 15.3. The third kappa shape index (κ3) is 2.54. The van der Waals surface area contributed by atoms with Crippen LogP contribution in [0, 0.1) is 4.91 Å².